The SMILES string of the molecule is C=Cc1cc2ccc1CCc1ccc(c(/C=C/c3cc4sc(-c5ccc(N(c6ccc(OC)cc6)c6ccc(-c7cc8sccc8s7)cc6)cc5)cc4s3)c1)CC2. The van der Waals surface area contributed by atoms with Crippen molar-refractivity contribution in [2.75, 3.05) is 12.0 Å². The first-order valence-corrected chi connectivity index (χ1v) is 22.6. The number of aryl methyl sites for hydroxylation is 4. The minimum atomic E-state index is 0.845. The average molecular weight is 810 g/mol. The van der Waals surface area contributed by atoms with E-state index < -0.39 is 0 Å². The van der Waals surface area contributed by atoms with Gasteiger partial charge in [-0.15, -0.1) is 45.3 Å². The van der Waals surface area contributed by atoms with Gasteiger partial charge in [0, 0.05) is 50.5 Å². The largest absolute Gasteiger partial charge is 0.497 e. The van der Waals surface area contributed by atoms with Gasteiger partial charge in [-0.2, -0.15) is 0 Å². The van der Waals surface area contributed by atoms with Crippen molar-refractivity contribution >= 4 is 99.4 Å². The molecule has 9 aromatic rings. The number of methoxy groups -OCH3 is 1. The normalized spacial score (nSPS) is 12.7. The fourth-order valence-corrected chi connectivity index (χ4v) is 12.3. The molecule has 6 heteroatoms. The van der Waals surface area contributed by atoms with Crippen molar-refractivity contribution in [3.05, 3.63) is 184 Å². The molecule has 0 spiro atoms. The van der Waals surface area contributed by atoms with Crippen molar-refractivity contribution in [2.45, 2.75) is 25.7 Å². The number of fused-ring (bicyclic) bond motifs is 2. The molecule has 0 unspecified atom stereocenters. The maximum Gasteiger partial charge on any atom is 0.119 e. The van der Waals surface area contributed by atoms with Gasteiger partial charge in [-0.1, -0.05) is 79.4 Å². The number of benzene rings is 5. The van der Waals surface area contributed by atoms with E-state index in [0.29, 0.717) is 0 Å². The molecule has 0 aliphatic heterocycles. The van der Waals surface area contributed by atoms with E-state index >= 15 is 0 Å². The highest BCUT2D eigenvalue weighted by Gasteiger charge is 2.16. The number of anilines is 3. The lowest BCUT2D eigenvalue weighted by atomic mass is 9.91. The lowest BCUT2D eigenvalue weighted by Gasteiger charge is -2.26. The van der Waals surface area contributed by atoms with Crippen molar-refractivity contribution in [3.63, 3.8) is 0 Å². The van der Waals surface area contributed by atoms with Crippen molar-refractivity contribution in [1.29, 1.82) is 0 Å². The van der Waals surface area contributed by atoms with Crippen LogP contribution in [0.15, 0.2) is 145 Å². The zero-order chi connectivity index (χ0) is 38.3. The molecular weight excluding hydrogens is 771 g/mol. The van der Waals surface area contributed by atoms with Gasteiger partial charge in [0.15, 0.2) is 0 Å². The van der Waals surface area contributed by atoms with Crippen LogP contribution in [0.4, 0.5) is 17.1 Å². The smallest absolute Gasteiger partial charge is 0.119 e. The molecule has 4 heterocycles. The Labute approximate surface area is 349 Å². The van der Waals surface area contributed by atoms with Crippen LogP contribution >= 0.6 is 45.3 Å². The minimum Gasteiger partial charge on any atom is -0.497 e. The fourth-order valence-electron chi connectivity index (χ4n) is 7.85. The van der Waals surface area contributed by atoms with Gasteiger partial charge in [0.05, 0.1) is 7.11 Å². The quantitative estimate of drug-likeness (QED) is 0.144. The van der Waals surface area contributed by atoms with Crippen LogP contribution in [-0.2, 0) is 25.7 Å². The molecule has 4 aromatic heterocycles. The second kappa shape index (κ2) is 15.4. The van der Waals surface area contributed by atoms with E-state index in [1.807, 2.05) is 52.2 Å². The minimum absolute atomic E-state index is 0.845. The number of hydrogen-bond acceptors (Lipinski definition) is 6. The second-order valence-electron chi connectivity index (χ2n) is 14.5. The van der Waals surface area contributed by atoms with Crippen LogP contribution in [0.1, 0.15) is 38.3 Å². The third kappa shape index (κ3) is 7.31. The Morgan fingerprint density at radius 2 is 1.09 bits per heavy atom. The summed E-state index contributed by atoms with van der Waals surface area (Å²) in [5.41, 5.74) is 14.0. The fraction of sp³-hybridized carbons (Fsp3) is 0.0980. The third-order valence-electron chi connectivity index (χ3n) is 10.9. The molecule has 4 aliphatic rings. The molecule has 13 rings (SSSR count). The summed E-state index contributed by atoms with van der Waals surface area (Å²) in [6.45, 7) is 4.07. The van der Waals surface area contributed by atoms with E-state index in [2.05, 4.69) is 150 Å². The Bertz CT molecular complexity index is 2840. The van der Waals surface area contributed by atoms with Gasteiger partial charge >= 0.3 is 0 Å². The van der Waals surface area contributed by atoms with Gasteiger partial charge in [0.25, 0.3) is 0 Å². The van der Waals surface area contributed by atoms with Crippen LogP contribution in [0.2, 0.25) is 0 Å². The highest BCUT2D eigenvalue weighted by molar-refractivity contribution is 7.30. The van der Waals surface area contributed by atoms with Gasteiger partial charge < -0.3 is 9.64 Å². The number of ether oxygens (including phenoxy) is 1. The Morgan fingerprint density at radius 3 is 1.68 bits per heavy atom. The molecule has 0 saturated carbocycles. The summed E-state index contributed by atoms with van der Waals surface area (Å²) >= 11 is 7.41. The lowest BCUT2D eigenvalue weighted by Crippen LogP contribution is -2.09. The zero-order valence-corrected chi connectivity index (χ0v) is 34.8. The van der Waals surface area contributed by atoms with Crippen molar-refractivity contribution in [2.24, 2.45) is 0 Å². The molecule has 4 aliphatic carbocycles. The van der Waals surface area contributed by atoms with E-state index in [4.69, 9.17) is 4.74 Å². The summed E-state index contributed by atoms with van der Waals surface area (Å²) in [5.74, 6) is 0.845. The summed E-state index contributed by atoms with van der Waals surface area (Å²) in [5, 5.41) is 2.17. The number of rotatable bonds is 9. The van der Waals surface area contributed by atoms with Crippen LogP contribution < -0.4 is 9.64 Å². The summed E-state index contributed by atoms with van der Waals surface area (Å²) in [7, 11) is 1.71. The summed E-state index contributed by atoms with van der Waals surface area (Å²) < 4.78 is 10.9. The Kier molecular flexibility index (Phi) is 9.72. The Hall–Kier alpha value is -5.50. The predicted molar refractivity (Wildman–Crippen MR) is 252 cm³/mol. The molecule has 4 bridgehead atoms. The molecule has 0 N–H and O–H groups in total. The first-order valence-electron chi connectivity index (χ1n) is 19.3. The van der Waals surface area contributed by atoms with Gasteiger partial charge in [-0.3, -0.25) is 0 Å². The third-order valence-corrected chi connectivity index (χ3v) is 15.4. The topological polar surface area (TPSA) is 12.5 Å². The summed E-state index contributed by atoms with van der Waals surface area (Å²) in [6, 6.07) is 49.5. The molecule has 0 amide bonds. The van der Waals surface area contributed by atoms with E-state index in [0.717, 1.165) is 48.5 Å². The zero-order valence-electron chi connectivity index (χ0n) is 31.5. The standard InChI is InChI=1S/C51H39NOS4/c1-3-35-28-33-4-8-36(35)9-5-34-7-11-37(10-6-33)40(29-34)16-25-45-30-50-51(55-45)32-48(57-50)39-14-19-42(20-15-39)52(43-21-23-44(53-2)24-22-43)41-17-12-38(13-18-41)47-31-49-46(56-47)26-27-54-49/h3-4,7-8,11-32H,1,5-6,9-10H2,2H3/b25-16+. The maximum absolute atomic E-state index is 5.49. The monoisotopic (exact) mass is 809 g/mol. The van der Waals surface area contributed by atoms with Gasteiger partial charge in [-0.05, 0) is 154 Å². The average Bonchev–Trinajstić information content (AvgIpc) is 4.04. The summed E-state index contributed by atoms with van der Waals surface area (Å²) in [6.07, 6.45) is 10.8. The van der Waals surface area contributed by atoms with Gasteiger partial charge in [0.2, 0.25) is 0 Å². The summed E-state index contributed by atoms with van der Waals surface area (Å²) in [4.78, 5) is 6.20. The highest BCUT2D eigenvalue weighted by atomic mass is 32.1. The van der Waals surface area contributed by atoms with Gasteiger partial charge in [-0.25, -0.2) is 0 Å². The molecule has 0 radical (unpaired) electrons. The lowest BCUT2D eigenvalue weighted by molar-refractivity contribution is 0.415. The second-order valence-corrected chi connectivity index (χ2v) is 18.7. The van der Waals surface area contributed by atoms with Crippen molar-refractivity contribution in [1.82, 2.24) is 0 Å². The number of hydrogen-bond donors (Lipinski definition) is 0. The Balaban J connectivity index is 0.889. The Morgan fingerprint density at radius 1 is 0.526 bits per heavy atom. The van der Waals surface area contributed by atoms with Crippen LogP contribution in [0, 0.1) is 0 Å². The number of nitrogens with zero attached hydrogens (tertiary/aromatic N) is 1. The van der Waals surface area contributed by atoms with E-state index in [1.54, 1.807) is 18.4 Å². The molecule has 57 heavy (non-hydrogen) atoms. The van der Waals surface area contributed by atoms with Crippen LogP contribution in [-0.4, -0.2) is 7.11 Å². The molecular formula is C51H39NOS4. The molecule has 2 nitrogen and oxygen atoms in total. The molecule has 0 fully saturated rings. The van der Waals surface area contributed by atoms with E-state index in [-0.39, 0.29) is 0 Å². The molecule has 278 valence electrons. The van der Waals surface area contributed by atoms with Crippen LogP contribution in [0.5, 0.6) is 5.75 Å². The predicted octanol–water partition coefficient (Wildman–Crippen LogP) is 15.7. The first-order chi connectivity index (χ1) is 28.1. The molecule has 5 aromatic carbocycles. The van der Waals surface area contributed by atoms with E-state index in [1.165, 1.54) is 77.9 Å². The number of thiophene rings is 4. The van der Waals surface area contributed by atoms with Crippen LogP contribution in [0.25, 0.3) is 57.9 Å². The van der Waals surface area contributed by atoms with Gasteiger partial charge in [0.1, 0.15) is 5.75 Å². The van der Waals surface area contributed by atoms with Crippen molar-refractivity contribution < 1.29 is 4.74 Å². The van der Waals surface area contributed by atoms with E-state index in [9.17, 15) is 0 Å². The highest BCUT2D eigenvalue weighted by Crippen LogP contribution is 2.42. The molecule has 0 atom stereocenters. The molecule has 0 saturated heterocycles. The van der Waals surface area contributed by atoms with Crippen molar-refractivity contribution in [3.8, 4) is 26.6 Å². The first kappa shape index (κ1) is 35.9. The van der Waals surface area contributed by atoms with Crippen LogP contribution in [0.3, 0.4) is 0 Å². The maximum atomic E-state index is 5.49.